The first-order valence-corrected chi connectivity index (χ1v) is 6.05. The van der Waals surface area contributed by atoms with Crippen LogP contribution in [-0.4, -0.2) is 41.3 Å². The number of rotatable bonds is 5. The van der Waals surface area contributed by atoms with Crippen LogP contribution in [0.25, 0.3) is 0 Å². The fourth-order valence-electron chi connectivity index (χ4n) is 1.31. The van der Waals surface area contributed by atoms with Crippen molar-refractivity contribution in [3.63, 3.8) is 0 Å². The van der Waals surface area contributed by atoms with Crippen molar-refractivity contribution in [3.05, 3.63) is 23.8 Å². The lowest BCUT2D eigenvalue weighted by Gasteiger charge is -2.08. The molecule has 0 saturated carbocycles. The zero-order chi connectivity index (χ0) is 14.3. The van der Waals surface area contributed by atoms with Crippen LogP contribution in [0.2, 0.25) is 0 Å². The first kappa shape index (κ1) is 15.2. The Kier molecular flexibility index (Phi) is 6.04. The maximum Gasteiger partial charge on any atom is 0.187 e. The maximum absolute atomic E-state index is 9.66. The summed E-state index contributed by atoms with van der Waals surface area (Å²) in [6.45, 7) is 2.81. The number of thiocarbonyl (C=S) groups is 1. The van der Waals surface area contributed by atoms with Crippen LogP contribution in [-0.2, 0) is 4.74 Å². The topological polar surface area (TPSA) is 86.1 Å². The smallest absolute Gasteiger partial charge is 0.187 e. The molecule has 7 heteroatoms. The monoisotopic (exact) mass is 283 g/mol. The minimum absolute atomic E-state index is 0.0408. The van der Waals surface area contributed by atoms with Gasteiger partial charge < -0.3 is 20.3 Å². The second-order valence-corrected chi connectivity index (χ2v) is 4.17. The summed E-state index contributed by atoms with van der Waals surface area (Å²) in [7, 11) is 1.60. The SMILES string of the molecule is COCCNC(=S)N/N=C(\C)c1cc(O)ccc1O. The highest BCUT2D eigenvalue weighted by Gasteiger charge is 2.06. The Balaban J connectivity index is 2.61. The van der Waals surface area contributed by atoms with Crippen molar-refractivity contribution < 1.29 is 14.9 Å². The molecule has 1 aromatic rings. The second-order valence-electron chi connectivity index (χ2n) is 3.76. The Morgan fingerprint density at radius 1 is 1.42 bits per heavy atom. The summed E-state index contributed by atoms with van der Waals surface area (Å²) in [6, 6.07) is 4.23. The van der Waals surface area contributed by atoms with E-state index in [1.807, 2.05) is 0 Å². The fourth-order valence-corrected chi connectivity index (χ4v) is 1.46. The van der Waals surface area contributed by atoms with E-state index in [9.17, 15) is 10.2 Å². The number of phenols is 2. The number of nitrogens with zero attached hydrogens (tertiary/aromatic N) is 1. The molecule has 6 nitrogen and oxygen atoms in total. The van der Waals surface area contributed by atoms with Crippen molar-refractivity contribution in [3.8, 4) is 11.5 Å². The standard InChI is InChI=1S/C12H17N3O3S/c1-8(10-7-9(16)3-4-11(10)17)14-15-12(19)13-5-6-18-2/h3-4,7,16-17H,5-6H2,1-2H3,(H2,13,15,19)/b14-8+. The van der Waals surface area contributed by atoms with Gasteiger partial charge in [-0.15, -0.1) is 0 Å². The number of phenolic OH excluding ortho intramolecular Hbond substituents is 2. The first-order chi connectivity index (χ1) is 9.04. The molecule has 104 valence electrons. The molecular formula is C12H17N3O3S. The molecule has 0 radical (unpaired) electrons. The van der Waals surface area contributed by atoms with Crippen LogP contribution in [0, 0.1) is 0 Å². The molecular weight excluding hydrogens is 266 g/mol. The summed E-state index contributed by atoms with van der Waals surface area (Å²) >= 11 is 5.00. The van der Waals surface area contributed by atoms with Gasteiger partial charge in [0.1, 0.15) is 11.5 Å². The number of benzene rings is 1. The van der Waals surface area contributed by atoms with E-state index in [0.29, 0.717) is 29.5 Å². The average molecular weight is 283 g/mol. The quantitative estimate of drug-likeness (QED) is 0.211. The average Bonchev–Trinajstić information content (AvgIpc) is 2.39. The van der Waals surface area contributed by atoms with E-state index in [0.717, 1.165) is 0 Å². The lowest BCUT2D eigenvalue weighted by atomic mass is 10.1. The Morgan fingerprint density at radius 2 is 2.16 bits per heavy atom. The van der Waals surface area contributed by atoms with Gasteiger partial charge in [-0.2, -0.15) is 5.10 Å². The Labute approximate surface area is 117 Å². The van der Waals surface area contributed by atoms with Gasteiger partial charge in [0.05, 0.1) is 12.3 Å². The molecule has 0 saturated heterocycles. The number of methoxy groups -OCH3 is 1. The zero-order valence-corrected chi connectivity index (χ0v) is 11.6. The van der Waals surface area contributed by atoms with Gasteiger partial charge in [-0.25, -0.2) is 0 Å². The Morgan fingerprint density at radius 3 is 2.84 bits per heavy atom. The molecule has 19 heavy (non-hydrogen) atoms. The van der Waals surface area contributed by atoms with Gasteiger partial charge in [-0.3, -0.25) is 5.43 Å². The first-order valence-electron chi connectivity index (χ1n) is 5.64. The Bertz CT molecular complexity index is 477. The predicted octanol–water partition coefficient (Wildman–Crippen LogP) is 0.932. The fraction of sp³-hybridized carbons (Fsp3) is 0.333. The molecule has 0 aliphatic carbocycles. The van der Waals surface area contributed by atoms with Gasteiger partial charge in [0, 0.05) is 19.2 Å². The van der Waals surface area contributed by atoms with Gasteiger partial charge in [-0.05, 0) is 37.3 Å². The van der Waals surface area contributed by atoms with E-state index >= 15 is 0 Å². The van der Waals surface area contributed by atoms with Gasteiger partial charge >= 0.3 is 0 Å². The van der Waals surface area contributed by atoms with E-state index in [1.54, 1.807) is 14.0 Å². The highest BCUT2D eigenvalue weighted by atomic mass is 32.1. The summed E-state index contributed by atoms with van der Waals surface area (Å²) < 4.78 is 4.87. The third-order valence-electron chi connectivity index (χ3n) is 2.29. The molecule has 0 spiro atoms. The van der Waals surface area contributed by atoms with Crippen molar-refractivity contribution >= 4 is 23.0 Å². The van der Waals surface area contributed by atoms with Crippen LogP contribution < -0.4 is 10.7 Å². The highest BCUT2D eigenvalue weighted by Crippen LogP contribution is 2.22. The maximum atomic E-state index is 9.66. The molecule has 0 atom stereocenters. The summed E-state index contributed by atoms with van der Waals surface area (Å²) in [5, 5.41) is 26.3. The molecule has 4 N–H and O–H groups in total. The molecule has 0 fully saturated rings. The zero-order valence-electron chi connectivity index (χ0n) is 10.8. The number of ether oxygens (including phenoxy) is 1. The molecule has 1 rings (SSSR count). The minimum Gasteiger partial charge on any atom is -0.508 e. The second kappa shape index (κ2) is 7.55. The van der Waals surface area contributed by atoms with E-state index in [4.69, 9.17) is 17.0 Å². The molecule has 0 amide bonds. The molecule has 0 aliphatic heterocycles. The predicted molar refractivity (Wildman–Crippen MR) is 77.6 cm³/mol. The molecule has 0 unspecified atom stereocenters. The van der Waals surface area contributed by atoms with Crippen LogP contribution in [0.1, 0.15) is 12.5 Å². The highest BCUT2D eigenvalue weighted by molar-refractivity contribution is 7.80. The van der Waals surface area contributed by atoms with E-state index in [1.165, 1.54) is 18.2 Å². The largest absolute Gasteiger partial charge is 0.508 e. The van der Waals surface area contributed by atoms with Gasteiger partial charge in [0.25, 0.3) is 0 Å². The molecule has 0 heterocycles. The van der Waals surface area contributed by atoms with Crippen molar-refractivity contribution in [2.75, 3.05) is 20.3 Å². The van der Waals surface area contributed by atoms with E-state index < -0.39 is 0 Å². The number of hydrogen-bond acceptors (Lipinski definition) is 5. The number of aromatic hydroxyl groups is 2. The minimum atomic E-state index is 0.0408. The summed E-state index contributed by atoms with van der Waals surface area (Å²) in [6.07, 6.45) is 0. The van der Waals surface area contributed by atoms with Gasteiger partial charge in [0.2, 0.25) is 0 Å². The van der Waals surface area contributed by atoms with Crippen molar-refractivity contribution in [1.82, 2.24) is 10.7 Å². The van der Waals surface area contributed by atoms with Gasteiger partial charge in [-0.1, -0.05) is 0 Å². The van der Waals surface area contributed by atoms with Crippen LogP contribution in [0.5, 0.6) is 11.5 Å². The molecule has 1 aromatic carbocycles. The van der Waals surface area contributed by atoms with Crippen LogP contribution in [0.4, 0.5) is 0 Å². The molecule has 0 aliphatic rings. The van der Waals surface area contributed by atoms with Crippen molar-refractivity contribution in [2.24, 2.45) is 5.10 Å². The summed E-state index contributed by atoms with van der Waals surface area (Å²) in [5.41, 5.74) is 3.59. The third kappa shape index (κ3) is 5.11. The lowest BCUT2D eigenvalue weighted by molar-refractivity contribution is 0.204. The van der Waals surface area contributed by atoms with Crippen molar-refractivity contribution in [2.45, 2.75) is 6.92 Å². The lowest BCUT2D eigenvalue weighted by Crippen LogP contribution is -2.34. The van der Waals surface area contributed by atoms with Crippen LogP contribution in [0.15, 0.2) is 23.3 Å². The normalized spacial score (nSPS) is 11.2. The Hall–Kier alpha value is -1.86. The number of nitrogens with one attached hydrogen (secondary N) is 2. The summed E-state index contributed by atoms with van der Waals surface area (Å²) in [5.74, 6) is 0.0993. The van der Waals surface area contributed by atoms with Crippen LogP contribution >= 0.6 is 12.2 Å². The third-order valence-corrected chi connectivity index (χ3v) is 2.52. The number of hydrazone groups is 1. The van der Waals surface area contributed by atoms with Gasteiger partial charge in [0.15, 0.2) is 5.11 Å². The van der Waals surface area contributed by atoms with E-state index in [-0.39, 0.29) is 11.5 Å². The number of hydrogen-bond donors (Lipinski definition) is 4. The van der Waals surface area contributed by atoms with Crippen LogP contribution in [0.3, 0.4) is 0 Å². The molecule has 0 aromatic heterocycles. The summed E-state index contributed by atoms with van der Waals surface area (Å²) in [4.78, 5) is 0. The van der Waals surface area contributed by atoms with E-state index in [2.05, 4.69) is 15.8 Å². The molecule has 0 bridgehead atoms. The van der Waals surface area contributed by atoms with Crippen molar-refractivity contribution in [1.29, 1.82) is 0 Å².